The van der Waals surface area contributed by atoms with Crippen molar-refractivity contribution in [3.05, 3.63) is 78.9 Å². The van der Waals surface area contributed by atoms with Gasteiger partial charge in [-0.25, -0.2) is 9.97 Å². The molecule has 0 saturated carbocycles. The van der Waals surface area contributed by atoms with Crippen molar-refractivity contribution in [1.82, 2.24) is 15.0 Å². The van der Waals surface area contributed by atoms with Crippen LogP contribution in [0.1, 0.15) is 17.0 Å². The van der Waals surface area contributed by atoms with Gasteiger partial charge in [0.25, 0.3) is 0 Å². The van der Waals surface area contributed by atoms with Gasteiger partial charge in [-0.3, -0.25) is 4.98 Å². The van der Waals surface area contributed by atoms with Crippen LogP contribution in [0.5, 0.6) is 0 Å². The third kappa shape index (κ3) is 4.39. The first-order chi connectivity index (χ1) is 10.2. The van der Waals surface area contributed by atoms with E-state index in [1.807, 2.05) is 37.4 Å². The lowest BCUT2D eigenvalue weighted by Gasteiger charge is -2.06. The number of aromatic nitrogens is 3. The summed E-state index contributed by atoms with van der Waals surface area (Å²) in [7, 11) is 0. The molecule has 2 rings (SSSR count). The van der Waals surface area contributed by atoms with Gasteiger partial charge in [0.1, 0.15) is 0 Å². The van der Waals surface area contributed by atoms with Crippen LogP contribution in [-0.4, -0.2) is 15.0 Å². The van der Waals surface area contributed by atoms with E-state index >= 15 is 0 Å². The van der Waals surface area contributed by atoms with E-state index in [1.54, 1.807) is 30.1 Å². The molecule has 0 aromatic carbocycles. The summed E-state index contributed by atoms with van der Waals surface area (Å²) in [5.74, 6) is 0.797. The van der Waals surface area contributed by atoms with E-state index in [0.29, 0.717) is 0 Å². The van der Waals surface area contributed by atoms with Crippen LogP contribution in [0, 0.1) is 6.92 Å². The average molecular weight is 295 g/mol. The van der Waals surface area contributed by atoms with Gasteiger partial charge in [0.2, 0.25) is 0 Å². The Morgan fingerprint density at radius 2 is 2.19 bits per heavy atom. The first-order valence-electron chi connectivity index (χ1n) is 6.56. The fourth-order valence-electron chi connectivity index (χ4n) is 1.77. The predicted molar refractivity (Wildman–Crippen MR) is 88.9 cm³/mol. The zero-order valence-electron chi connectivity index (χ0n) is 12.0. The van der Waals surface area contributed by atoms with E-state index in [4.69, 9.17) is 0 Å². The number of rotatable bonds is 6. The molecule has 2 aromatic rings. The van der Waals surface area contributed by atoms with Crippen LogP contribution in [0.3, 0.4) is 0 Å². The molecule has 0 atom stereocenters. The Kier molecular flexibility index (Phi) is 5.46. The molecule has 0 bridgehead atoms. The summed E-state index contributed by atoms with van der Waals surface area (Å²) in [5, 5.41) is 0.755. The van der Waals surface area contributed by atoms with E-state index in [9.17, 15) is 0 Å². The molecule has 4 heteroatoms. The molecule has 0 amide bonds. The zero-order valence-corrected chi connectivity index (χ0v) is 12.8. The Morgan fingerprint density at radius 3 is 2.86 bits per heavy atom. The maximum Gasteiger partial charge on any atom is 0.188 e. The number of pyridine rings is 1. The van der Waals surface area contributed by atoms with Gasteiger partial charge >= 0.3 is 0 Å². The molecule has 0 N–H and O–H groups in total. The molecular formula is C17H17N3S. The highest BCUT2D eigenvalue weighted by Crippen LogP contribution is 2.22. The molecule has 0 aliphatic heterocycles. The lowest BCUT2D eigenvalue weighted by molar-refractivity contribution is 0.920. The average Bonchev–Trinajstić information content (AvgIpc) is 2.51. The van der Waals surface area contributed by atoms with Crippen molar-refractivity contribution in [3.63, 3.8) is 0 Å². The van der Waals surface area contributed by atoms with E-state index in [1.165, 1.54) is 0 Å². The summed E-state index contributed by atoms with van der Waals surface area (Å²) in [6.07, 6.45) is 9.03. The number of allylic oxidation sites excluding steroid dienone is 4. The fourth-order valence-corrected chi connectivity index (χ4v) is 2.61. The van der Waals surface area contributed by atoms with Gasteiger partial charge in [-0.1, -0.05) is 49.2 Å². The second-order valence-corrected chi connectivity index (χ2v) is 5.33. The number of nitrogens with zero attached hydrogens (tertiary/aromatic N) is 3. The predicted octanol–water partition coefficient (Wildman–Crippen LogP) is 4.23. The highest BCUT2D eigenvalue weighted by atomic mass is 32.2. The van der Waals surface area contributed by atoms with Gasteiger partial charge in [0, 0.05) is 23.8 Å². The third-order valence-corrected chi connectivity index (χ3v) is 3.66. The molecule has 0 unspecified atom stereocenters. The lowest BCUT2D eigenvalue weighted by atomic mass is 10.1. The molecule has 3 nitrogen and oxygen atoms in total. The first-order valence-corrected chi connectivity index (χ1v) is 7.54. The molecule has 106 valence electrons. The number of thioether (sulfide) groups is 1. The summed E-state index contributed by atoms with van der Waals surface area (Å²) < 4.78 is 0. The molecule has 0 fully saturated rings. The van der Waals surface area contributed by atoms with Crippen molar-refractivity contribution < 1.29 is 0 Å². The van der Waals surface area contributed by atoms with Crippen molar-refractivity contribution in [3.8, 4) is 0 Å². The zero-order chi connectivity index (χ0) is 15.1. The summed E-state index contributed by atoms with van der Waals surface area (Å²) in [5.41, 5.74) is 3.90. The molecule has 0 saturated heterocycles. The normalized spacial score (nSPS) is 11.2. The topological polar surface area (TPSA) is 38.7 Å². The quantitative estimate of drug-likeness (QED) is 0.454. The molecule has 0 aliphatic rings. The van der Waals surface area contributed by atoms with Crippen LogP contribution in [0.2, 0.25) is 0 Å². The van der Waals surface area contributed by atoms with Gasteiger partial charge in [0.15, 0.2) is 5.16 Å². The van der Waals surface area contributed by atoms with E-state index in [-0.39, 0.29) is 0 Å². The van der Waals surface area contributed by atoms with Crippen molar-refractivity contribution in [2.24, 2.45) is 0 Å². The number of aryl methyl sites for hydroxylation is 1. The van der Waals surface area contributed by atoms with Crippen LogP contribution in [0.25, 0.3) is 5.57 Å². The van der Waals surface area contributed by atoms with Crippen molar-refractivity contribution in [2.75, 3.05) is 0 Å². The van der Waals surface area contributed by atoms with Gasteiger partial charge in [-0.15, -0.1) is 0 Å². The second-order valence-electron chi connectivity index (χ2n) is 4.39. The molecule has 2 heterocycles. The minimum Gasteiger partial charge on any atom is -0.264 e. The minimum atomic E-state index is 0.755. The summed E-state index contributed by atoms with van der Waals surface area (Å²) in [6, 6.07) is 5.93. The fraction of sp³-hybridized carbons (Fsp3) is 0.118. The molecule has 21 heavy (non-hydrogen) atoms. The van der Waals surface area contributed by atoms with Gasteiger partial charge in [0.05, 0.1) is 5.69 Å². The SMILES string of the molecule is C=C/C=C(\C=C)c1cc(C)nc(SCc2cccnc2)n1. The first kappa shape index (κ1) is 15.2. The summed E-state index contributed by atoms with van der Waals surface area (Å²) in [6.45, 7) is 9.50. The number of hydrogen-bond donors (Lipinski definition) is 0. The second kappa shape index (κ2) is 7.55. The molecule has 0 spiro atoms. The largest absolute Gasteiger partial charge is 0.264 e. The minimum absolute atomic E-state index is 0.755. The maximum absolute atomic E-state index is 4.58. The van der Waals surface area contributed by atoms with E-state index < -0.39 is 0 Å². The van der Waals surface area contributed by atoms with Gasteiger partial charge < -0.3 is 0 Å². The summed E-state index contributed by atoms with van der Waals surface area (Å²) in [4.78, 5) is 13.2. The Morgan fingerprint density at radius 1 is 1.33 bits per heavy atom. The maximum atomic E-state index is 4.58. The molecular weight excluding hydrogens is 278 g/mol. The van der Waals surface area contributed by atoms with Crippen molar-refractivity contribution in [1.29, 1.82) is 0 Å². The van der Waals surface area contributed by atoms with Crippen LogP contribution >= 0.6 is 11.8 Å². The Balaban J connectivity index is 2.21. The van der Waals surface area contributed by atoms with E-state index in [0.717, 1.165) is 33.4 Å². The monoisotopic (exact) mass is 295 g/mol. The highest BCUT2D eigenvalue weighted by molar-refractivity contribution is 7.98. The van der Waals surface area contributed by atoms with Gasteiger partial charge in [-0.2, -0.15) is 0 Å². The molecule has 0 radical (unpaired) electrons. The van der Waals surface area contributed by atoms with Gasteiger partial charge in [-0.05, 0) is 30.2 Å². The smallest absolute Gasteiger partial charge is 0.188 e. The Labute approximate surface area is 129 Å². The highest BCUT2D eigenvalue weighted by Gasteiger charge is 2.06. The Bertz CT molecular complexity index is 663. The number of hydrogen-bond acceptors (Lipinski definition) is 4. The van der Waals surface area contributed by atoms with Crippen LogP contribution < -0.4 is 0 Å². The molecule has 0 aliphatic carbocycles. The summed E-state index contributed by atoms with van der Waals surface area (Å²) >= 11 is 1.60. The standard InChI is InChI=1S/C17H17N3S/c1-4-7-15(5-2)16-10-13(3)19-17(20-16)21-12-14-8-6-9-18-11-14/h4-11H,1-2,12H2,3H3/b15-7+. The van der Waals surface area contributed by atoms with E-state index in [2.05, 4.69) is 28.1 Å². The third-order valence-electron chi connectivity index (χ3n) is 2.74. The van der Waals surface area contributed by atoms with Crippen LogP contribution in [0.4, 0.5) is 0 Å². The van der Waals surface area contributed by atoms with Crippen molar-refractivity contribution >= 4 is 17.3 Å². The van der Waals surface area contributed by atoms with Crippen LogP contribution in [0.15, 0.2) is 67.1 Å². The lowest BCUT2D eigenvalue weighted by Crippen LogP contribution is -1.96. The Hall–Kier alpha value is -2.20. The van der Waals surface area contributed by atoms with Crippen molar-refractivity contribution in [2.45, 2.75) is 17.8 Å². The molecule has 2 aromatic heterocycles. The van der Waals surface area contributed by atoms with Crippen LogP contribution in [-0.2, 0) is 5.75 Å².